The van der Waals surface area contributed by atoms with Gasteiger partial charge in [0.15, 0.2) is 0 Å². The molecule has 2 N–H and O–H groups in total. The van der Waals surface area contributed by atoms with Gasteiger partial charge in [-0.1, -0.05) is 6.92 Å². The Hall–Kier alpha value is -0.530. The molecule has 0 saturated heterocycles. The fourth-order valence-corrected chi connectivity index (χ4v) is 0.744. The third kappa shape index (κ3) is 1.22. The van der Waals surface area contributed by atoms with E-state index in [1.807, 2.05) is 6.92 Å². The maximum atomic E-state index is 5.35. The van der Waals surface area contributed by atoms with Crippen LogP contribution in [0.5, 0.6) is 0 Å². The molecule has 2 nitrogen and oxygen atoms in total. The first-order valence-electron chi connectivity index (χ1n) is 3.00. The van der Waals surface area contributed by atoms with Crippen molar-refractivity contribution in [3.05, 3.63) is 0 Å². The van der Waals surface area contributed by atoms with Crippen LogP contribution in [-0.2, 0) is 0 Å². The van der Waals surface area contributed by atoms with Crippen LogP contribution >= 0.6 is 0 Å². The monoisotopic (exact) mass is 112 g/mol. The van der Waals surface area contributed by atoms with Crippen molar-refractivity contribution in [1.82, 2.24) is 0 Å². The highest BCUT2D eigenvalue weighted by Crippen LogP contribution is 2.32. The fourth-order valence-electron chi connectivity index (χ4n) is 0.744. The summed E-state index contributed by atoms with van der Waals surface area (Å²) in [4.78, 5) is 4.16. The molecule has 46 valence electrons. The molecule has 0 aromatic rings. The predicted octanol–water partition coefficient (Wildman–Crippen LogP) is 0.772. The molecule has 2 unspecified atom stereocenters. The molecule has 0 bridgehead atoms. The highest BCUT2D eigenvalue weighted by atomic mass is 14.9. The molecular weight excluding hydrogens is 100 g/mol. The largest absolute Gasteiger partial charge is 0.388 e. The van der Waals surface area contributed by atoms with Crippen LogP contribution in [0.25, 0.3) is 0 Å². The second-order valence-electron chi connectivity index (χ2n) is 2.55. The first-order valence-corrected chi connectivity index (χ1v) is 3.00. The van der Waals surface area contributed by atoms with Crippen molar-refractivity contribution < 1.29 is 0 Å². The van der Waals surface area contributed by atoms with Crippen molar-refractivity contribution >= 4 is 5.84 Å². The lowest BCUT2D eigenvalue weighted by Gasteiger charge is -1.86. The lowest BCUT2D eigenvalue weighted by Crippen LogP contribution is -2.06. The minimum atomic E-state index is 0.556. The standard InChI is InChI=1S/C6H12N2/c1-4-3-6(4)8-5(2)7/h4,6H,3H2,1-2H3,(H2,7,8). The molecule has 0 spiro atoms. The van der Waals surface area contributed by atoms with Crippen LogP contribution in [0.4, 0.5) is 0 Å². The number of amidine groups is 1. The SMILES string of the molecule is CC(N)=NC1CC1C. The first-order chi connectivity index (χ1) is 3.70. The average Bonchev–Trinajstić information content (AvgIpc) is 2.17. The molecular formula is C6H12N2. The van der Waals surface area contributed by atoms with Gasteiger partial charge in [0, 0.05) is 0 Å². The molecule has 1 aliphatic rings. The van der Waals surface area contributed by atoms with Gasteiger partial charge in [-0.2, -0.15) is 0 Å². The van der Waals surface area contributed by atoms with E-state index in [9.17, 15) is 0 Å². The number of aliphatic imine (C=N–C) groups is 1. The van der Waals surface area contributed by atoms with E-state index in [2.05, 4.69) is 11.9 Å². The summed E-state index contributed by atoms with van der Waals surface area (Å²) >= 11 is 0. The lowest BCUT2D eigenvalue weighted by atomic mass is 10.5. The number of rotatable bonds is 1. The summed E-state index contributed by atoms with van der Waals surface area (Å²) < 4.78 is 0. The fraction of sp³-hybridized carbons (Fsp3) is 0.833. The van der Waals surface area contributed by atoms with E-state index in [-0.39, 0.29) is 0 Å². The lowest BCUT2D eigenvalue weighted by molar-refractivity contribution is 0.893. The first kappa shape index (κ1) is 5.60. The molecule has 1 aliphatic carbocycles. The van der Waals surface area contributed by atoms with Gasteiger partial charge in [0.2, 0.25) is 0 Å². The smallest absolute Gasteiger partial charge is 0.0909 e. The van der Waals surface area contributed by atoms with Crippen molar-refractivity contribution in [1.29, 1.82) is 0 Å². The van der Waals surface area contributed by atoms with E-state index < -0.39 is 0 Å². The summed E-state index contributed by atoms with van der Waals surface area (Å²) in [5, 5.41) is 0. The summed E-state index contributed by atoms with van der Waals surface area (Å²) in [7, 11) is 0. The summed E-state index contributed by atoms with van der Waals surface area (Å²) in [6.07, 6.45) is 1.23. The Labute approximate surface area is 49.8 Å². The van der Waals surface area contributed by atoms with Gasteiger partial charge in [-0.05, 0) is 19.3 Å². The van der Waals surface area contributed by atoms with Crippen molar-refractivity contribution in [2.75, 3.05) is 0 Å². The number of nitrogens with zero attached hydrogens (tertiary/aromatic N) is 1. The topological polar surface area (TPSA) is 38.4 Å². The number of hydrogen-bond donors (Lipinski definition) is 1. The Kier molecular flexibility index (Phi) is 1.24. The van der Waals surface area contributed by atoms with Crippen LogP contribution in [0.3, 0.4) is 0 Å². The van der Waals surface area contributed by atoms with E-state index in [1.54, 1.807) is 0 Å². The number of nitrogens with two attached hydrogens (primary N) is 1. The van der Waals surface area contributed by atoms with Gasteiger partial charge in [-0.25, -0.2) is 0 Å². The van der Waals surface area contributed by atoms with Gasteiger partial charge in [0.05, 0.1) is 11.9 Å². The number of hydrogen-bond acceptors (Lipinski definition) is 1. The van der Waals surface area contributed by atoms with Crippen molar-refractivity contribution in [2.45, 2.75) is 26.3 Å². The molecule has 1 rings (SSSR count). The predicted molar refractivity (Wildman–Crippen MR) is 34.9 cm³/mol. The molecule has 0 aromatic carbocycles. The minimum Gasteiger partial charge on any atom is -0.388 e. The van der Waals surface area contributed by atoms with Crippen LogP contribution in [0.2, 0.25) is 0 Å². The van der Waals surface area contributed by atoms with Gasteiger partial charge >= 0.3 is 0 Å². The molecule has 0 aliphatic heterocycles. The van der Waals surface area contributed by atoms with E-state index in [1.165, 1.54) is 6.42 Å². The quantitative estimate of drug-likeness (QED) is 0.395. The molecule has 0 heterocycles. The summed E-state index contributed by atoms with van der Waals surface area (Å²) in [6.45, 7) is 4.03. The summed E-state index contributed by atoms with van der Waals surface area (Å²) in [5.41, 5.74) is 5.35. The van der Waals surface area contributed by atoms with E-state index in [0.29, 0.717) is 6.04 Å². The second-order valence-corrected chi connectivity index (χ2v) is 2.55. The van der Waals surface area contributed by atoms with Crippen LogP contribution in [0, 0.1) is 5.92 Å². The Morgan fingerprint density at radius 3 is 2.38 bits per heavy atom. The Morgan fingerprint density at radius 1 is 1.75 bits per heavy atom. The average molecular weight is 112 g/mol. The zero-order valence-corrected chi connectivity index (χ0v) is 5.39. The molecule has 2 atom stereocenters. The Bertz CT molecular complexity index is 114. The van der Waals surface area contributed by atoms with Crippen molar-refractivity contribution in [3.63, 3.8) is 0 Å². The van der Waals surface area contributed by atoms with E-state index in [4.69, 9.17) is 5.73 Å². The molecule has 2 heteroatoms. The third-order valence-electron chi connectivity index (χ3n) is 1.44. The molecule has 1 fully saturated rings. The van der Waals surface area contributed by atoms with Gasteiger partial charge in [-0.3, -0.25) is 4.99 Å². The van der Waals surface area contributed by atoms with Crippen LogP contribution < -0.4 is 5.73 Å². The zero-order valence-electron chi connectivity index (χ0n) is 5.39. The Balaban J connectivity index is 2.32. The zero-order chi connectivity index (χ0) is 6.15. The maximum absolute atomic E-state index is 5.35. The van der Waals surface area contributed by atoms with Gasteiger partial charge in [0.25, 0.3) is 0 Å². The molecule has 8 heavy (non-hydrogen) atoms. The summed E-state index contributed by atoms with van der Waals surface area (Å²) in [5.74, 6) is 1.51. The van der Waals surface area contributed by atoms with Gasteiger partial charge in [0.1, 0.15) is 0 Å². The van der Waals surface area contributed by atoms with Gasteiger partial charge in [-0.15, -0.1) is 0 Å². The molecule has 0 aromatic heterocycles. The van der Waals surface area contributed by atoms with Crippen LogP contribution in [0.15, 0.2) is 4.99 Å². The molecule has 0 radical (unpaired) electrons. The summed E-state index contributed by atoms with van der Waals surface area (Å²) in [6, 6.07) is 0.556. The molecule has 0 amide bonds. The van der Waals surface area contributed by atoms with Crippen LogP contribution in [0.1, 0.15) is 20.3 Å². The van der Waals surface area contributed by atoms with Crippen molar-refractivity contribution in [3.8, 4) is 0 Å². The van der Waals surface area contributed by atoms with Gasteiger partial charge < -0.3 is 5.73 Å². The minimum absolute atomic E-state index is 0.556. The third-order valence-corrected chi connectivity index (χ3v) is 1.44. The molecule has 1 saturated carbocycles. The van der Waals surface area contributed by atoms with E-state index in [0.717, 1.165) is 11.8 Å². The Morgan fingerprint density at radius 2 is 2.25 bits per heavy atom. The highest BCUT2D eigenvalue weighted by molar-refractivity contribution is 5.77. The normalized spacial score (nSPS) is 37.5. The second kappa shape index (κ2) is 1.77. The van der Waals surface area contributed by atoms with Crippen molar-refractivity contribution in [2.24, 2.45) is 16.6 Å². The highest BCUT2D eigenvalue weighted by Gasteiger charge is 2.31. The maximum Gasteiger partial charge on any atom is 0.0909 e. The van der Waals surface area contributed by atoms with Crippen LogP contribution in [-0.4, -0.2) is 11.9 Å². The van der Waals surface area contributed by atoms with E-state index >= 15 is 0 Å².